The smallest absolute Gasteiger partial charge is 0.344 e. The molecule has 94 valence electrons. The fraction of sp³-hybridized carbons (Fsp3) is 0.300. The molecule has 0 saturated carbocycles. The van der Waals surface area contributed by atoms with Gasteiger partial charge in [0.15, 0.2) is 18.3 Å². The number of esters is 1. The van der Waals surface area contributed by atoms with E-state index < -0.39 is 5.97 Å². The standard InChI is InChI=1S/C10H11N5O3/c1-15-9(8-11-4-3-5-12-8)13-10(14-15)18-6-7(16)17-2/h3-5H,6H2,1-2H3. The molecule has 0 bridgehead atoms. The average molecular weight is 249 g/mol. The largest absolute Gasteiger partial charge is 0.466 e. The van der Waals surface area contributed by atoms with Crippen molar-refractivity contribution in [1.82, 2.24) is 24.7 Å². The number of ether oxygens (including phenoxy) is 2. The Hall–Kier alpha value is -2.51. The van der Waals surface area contributed by atoms with Crippen LogP contribution in [0.15, 0.2) is 18.5 Å². The van der Waals surface area contributed by atoms with Gasteiger partial charge in [-0.15, -0.1) is 5.10 Å². The molecule has 8 nitrogen and oxygen atoms in total. The lowest BCUT2D eigenvalue weighted by Crippen LogP contribution is -2.13. The van der Waals surface area contributed by atoms with Gasteiger partial charge in [0.1, 0.15) is 0 Å². The molecule has 2 rings (SSSR count). The maximum atomic E-state index is 10.9. The second-order valence-electron chi connectivity index (χ2n) is 3.28. The number of carbonyl (C=O) groups is 1. The van der Waals surface area contributed by atoms with E-state index in [1.165, 1.54) is 11.8 Å². The number of carbonyl (C=O) groups excluding carboxylic acids is 1. The summed E-state index contributed by atoms with van der Waals surface area (Å²) in [5, 5.41) is 3.99. The molecule has 0 saturated heterocycles. The molecule has 0 N–H and O–H groups in total. The predicted molar refractivity (Wildman–Crippen MR) is 59.5 cm³/mol. The Balaban J connectivity index is 2.15. The molecular formula is C10H11N5O3. The summed E-state index contributed by atoms with van der Waals surface area (Å²) in [5.41, 5.74) is 0. The topological polar surface area (TPSA) is 92.0 Å². The van der Waals surface area contributed by atoms with Crippen molar-refractivity contribution >= 4 is 5.97 Å². The van der Waals surface area contributed by atoms with Crippen LogP contribution >= 0.6 is 0 Å². The van der Waals surface area contributed by atoms with E-state index in [1.54, 1.807) is 25.5 Å². The summed E-state index contributed by atoms with van der Waals surface area (Å²) in [6.45, 7) is -0.240. The molecular weight excluding hydrogens is 238 g/mol. The Morgan fingerprint density at radius 2 is 2.11 bits per heavy atom. The molecule has 0 fully saturated rings. The van der Waals surface area contributed by atoms with Gasteiger partial charge in [0.05, 0.1) is 7.11 Å². The number of hydrogen-bond acceptors (Lipinski definition) is 7. The van der Waals surface area contributed by atoms with Gasteiger partial charge >= 0.3 is 12.0 Å². The third-order valence-corrected chi connectivity index (χ3v) is 2.06. The molecule has 0 aliphatic heterocycles. The zero-order valence-corrected chi connectivity index (χ0v) is 9.90. The zero-order chi connectivity index (χ0) is 13.0. The van der Waals surface area contributed by atoms with Crippen LogP contribution in [0.4, 0.5) is 0 Å². The van der Waals surface area contributed by atoms with Crippen LogP contribution in [0.1, 0.15) is 0 Å². The van der Waals surface area contributed by atoms with Crippen LogP contribution in [-0.4, -0.2) is 44.4 Å². The molecule has 0 atom stereocenters. The Bertz CT molecular complexity index is 540. The number of aromatic nitrogens is 5. The van der Waals surface area contributed by atoms with Gasteiger partial charge < -0.3 is 9.47 Å². The second kappa shape index (κ2) is 5.21. The van der Waals surface area contributed by atoms with Gasteiger partial charge in [-0.1, -0.05) is 0 Å². The lowest BCUT2D eigenvalue weighted by atomic mass is 10.5. The minimum atomic E-state index is -0.500. The van der Waals surface area contributed by atoms with E-state index in [-0.39, 0.29) is 12.6 Å². The van der Waals surface area contributed by atoms with E-state index in [1.807, 2.05) is 0 Å². The molecule has 2 heterocycles. The molecule has 2 aromatic heterocycles. The third-order valence-electron chi connectivity index (χ3n) is 2.06. The summed E-state index contributed by atoms with van der Waals surface area (Å²) in [6.07, 6.45) is 3.21. The van der Waals surface area contributed by atoms with Gasteiger partial charge in [0, 0.05) is 19.4 Å². The molecule has 0 aromatic carbocycles. The minimum absolute atomic E-state index is 0.0744. The molecule has 8 heteroatoms. The summed E-state index contributed by atoms with van der Waals surface area (Å²) in [5.74, 6) is 0.385. The number of rotatable bonds is 4. The summed E-state index contributed by atoms with van der Waals surface area (Å²) in [7, 11) is 2.96. The number of methoxy groups -OCH3 is 1. The Labute approximate surface area is 103 Å². The van der Waals surface area contributed by atoms with E-state index in [0.29, 0.717) is 11.6 Å². The highest BCUT2D eigenvalue weighted by Gasteiger charge is 2.13. The maximum absolute atomic E-state index is 10.9. The van der Waals surface area contributed by atoms with E-state index in [9.17, 15) is 4.79 Å². The number of nitrogens with zero attached hydrogens (tertiary/aromatic N) is 5. The van der Waals surface area contributed by atoms with Crippen molar-refractivity contribution in [2.75, 3.05) is 13.7 Å². The first-order valence-corrected chi connectivity index (χ1v) is 5.08. The van der Waals surface area contributed by atoms with E-state index in [2.05, 4.69) is 24.8 Å². The predicted octanol–water partition coefficient (Wildman–Crippen LogP) is -0.176. The van der Waals surface area contributed by atoms with Gasteiger partial charge in [-0.25, -0.2) is 19.4 Å². The SMILES string of the molecule is COC(=O)COc1nc(-c2ncccn2)n(C)n1. The van der Waals surface area contributed by atoms with Crippen LogP contribution in [0.2, 0.25) is 0 Å². The minimum Gasteiger partial charge on any atom is -0.466 e. The van der Waals surface area contributed by atoms with Crippen LogP contribution in [0.25, 0.3) is 11.6 Å². The highest BCUT2D eigenvalue weighted by atomic mass is 16.6. The number of hydrogen-bond donors (Lipinski definition) is 0. The van der Waals surface area contributed by atoms with Gasteiger partial charge in [-0.3, -0.25) is 0 Å². The highest BCUT2D eigenvalue weighted by molar-refractivity contribution is 5.70. The Kier molecular flexibility index (Phi) is 3.46. The van der Waals surface area contributed by atoms with Crippen molar-refractivity contribution in [1.29, 1.82) is 0 Å². The van der Waals surface area contributed by atoms with Crippen molar-refractivity contribution in [2.24, 2.45) is 7.05 Å². The normalized spacial score (nSPS) is 10.1. The van der Waals surface area contributed by atoms with Crippen LogP contribution in [-0.2, 0) is 16.6 Å². The van der Waals surface area contributed by atoms with E-state index in [4.69, 9.17) is 4.74 Å². The van der Waals surface area contributed by atoms with Gasteiger partial charge in [-0.05, 0) is 6.07 Å². The fourth-order valence-electron chi connectivity index (χ4n) is 1.21. The average Bonchev–Trinajstić information content (AvgIpc) is 2.78. The van der Waals surface area contributed by atoms with Crippen LogP contribution in [0.5, 0.6) is 6.01 Å². The summed E-state index contributed by atoms with van der Waals surface area (Å²) < 4.78 is 11.0. The molecule has 0 spiro atoms. The van der Waals surface area contributed by atoms with Crippen LogP contribution < -0.4 is 4.74 Å². The Morgan fingerprint density at radius 3 is 2.78 bits per heavy atom. The van der Waals surface area contributed by atoms with Crippen molar-refractivity contribution in [3.8, 4) is 17.7 Å². The first-order valence-electron chi connectivity index (χ1n) is 5.08. The molecule has 0 unspecified atom stereocenters. The van der Waals surface area contributed by atoms with Gasteiger partial charge in [0.2, 0.25) is 0 Å². The van der Waals surface area contributed by atoms with E-state index >= 15 is 0 Å². The molecule has 0 aliphatic rings. The van der Waals surface area contributed by atoms with Crippen molar-refractivity contribution in [2.45, 2.75) is 0 Å². The second-order valence-corrected chi connectivity index (χ2v) is 3.28. The van der Waals surface area contributed by atoms with Crippen molar-refractivity contribution in [3.63, 3.8) is 0 Å². The Morgan fingerprint density at radius 1 is 1.39 bits per heavy atom. The summed E-state index contributed by atoms with van der Waals surface area (Å²) in [4.78, 5) is 23.1. The molecule has 0 radical (unpaired) electrons. The first kappa shape index (κ1) is 12.0. The van der Waals surface area contributed by atoms with Gasteiger partial charge in [-0.2, -0.15) is 4.98 Å². The fourth-order valence-corrected chi connectivity index (χ4v) is 1.21. The zero-order valence-electron chi connectivity index (χ0n) is 9.90. The highest BCUT2D eigenvalue weighted by Crippen LogP contribution is 2.13. The van der Waals surface area contributed by atoms with E-state index in [0.717, 1.165) is 0 Å². The first-order chi connectivity index (χ1) is 8.70. The van der Waals surface area contributed by atoms with Crippen LogP contribution in [0.3, 0.4) is 0 Å². The van der Waals surface area contributed by atoms with Crippen molar-refractivity contribution in [3.05, 3.63) is 18.5 Å². The van der Waals surface area contributed by atoms with Crippen LogP contribution in [0, 0.1) is 0 Å². The summed E-state index contributed by atoms with van der Waals surface area (Å²) in [6, 6.07) is 1.78. The quantitative estimate of drug-likeness (QED) is 0.694. The van der Waals surface area contributed by atoms with Crippen molar-refractivity contribution < 1.29 is 14.3 Å². The summed E-state index contributed by atoms with van der Waals surface area (Å²) >= 11 is 0. The molecule has 0 amide bonds. The lowest BCUT2D eigenvalue weighted by molar-refractivity contribution is -0.143. The molecule has 18 heavy (non-hydrogen) atoms. The number of aryl methyl sites for hydroxylation is 1. The monoisotopic (exact) mass is 249 g/mol. The van der Waals surface area contributed by atoms with Gasteiger partial charge in [0.25, 0.3) is 0 Å². The molecule has 0 aliphatic carbocycles. The molecule has 2 aromatic rings. The maximum Gasteiger partial charge on any atom is 0.344 e. The lowest BCUT2D eigenvalue weighted by Gasteiger charge is -1.97. The third kappa shape index (κ3) is 2.59.